The molecule has 0 bridgehead atoms. The molecule has 0 aliphatic heterocycles. The van der Waals surface area contributed by atoms with Gasteiger partial charge >= 0.3 is 0 Å². The second-order valence-electron chi connectivity index (χ2n) is 3.29. The zero-order chi connectivity index (χ0) is 10.3. The van der Waals surface area contributed by atoms with Crippen LogP contribution < -0.4 is 10.6 Å². The summed E-state index contributed by atoms with van der Waals surface area (Å²) in [6.45, 7) is 0. The first-order valence-electron chi connectivity index (χ1n) is 4.21. The summed E-state index contributed by atoms with van der Waals surface area (Å²) in [5.74, 6) is 1.27. The van der Waals surface area contributed by atoms with E-state index in [2.05, 4.69) is 15.0 Å². The predicted molar refractivity (Wildman–Crippen MR) is 70.5 cm³/mol. The molecule has 0 aliphatic rings. The summed E-state index contributed by atoms with van der Waals surface area (Å²) in [6, 6.07) is 0. The average molecular weight is 320 g/mol. The molecule has 0 aromatic carbocycles. The van der Waals surface area contributed by atoms with Crippen LogP contribution in [0.4, 0.5) is 11.8 Å². The van der Waals surface area contributed by atoms with Crippen molar-refractivity contribution >= 4 is 46.9 Å². The standard InChI is InChI=1S/C8H12N6.HI/c1-13(2)7-5-6(10-4-11-7)12-8(9)14(5)3;/h4H,1-3H3,(H2,9,10,11,12);1H. The predicted octanol–water partition coefficient (Wildman–Crippen LogP) is 0.629. The van der Waals surface area contributed by atoms with E-state index in [1.165, 1.54) is 6.33 Å². The lowest BCUT2D eigenvalue weighted by molar-refractivity contribution is 0.950. The van der Waals surface area contributed by atoms with E-state index in [9.17, 15) is 0 Å². The molecule has 2 N–H and O–H groups in total. The molecule has 6 nitrogen and oxygen atoms in total. The Labute approximate surface area is 105 Å². The molecule has 2 heterocycles. The number of halogens is 1. The number of rotatable bonds is 1. The summed E-state index contributed by atoms with van der Waals surface area (Å²) in [5.41, 5.74) is 7.17. The quantitative estimate of drug-likeness (QED) is 0.780. The van der Waals surface area contributed by atoms with Gasteiger partial charge in [-0.3, -0.25) is 0 Å². The number of aromatic nitrogens is 4. The summed E-state index contributed by atoms with van der Waals surface area (Å²) in [7, 11) is 5.69. The lowest BCUT2D eigenvalue weighted by Crippen LogP contribution is -2.12. The normalized spacial score (nSPS) is 10.1. The zero-order valence-electron chi connectivity index (χ0n) is 8.80. The average Bonchev–Trinajstić information content (AvgIpc) is 2.43. The second kappa shape index (κ2) is 4.17. The van der Waals surface area contributed by atoms with E-state index in [0.717, 1.165) is 11.3 Å². The van der Waals surface area contributed by atoms with E-state index in [4.69, 9.17) is 5.73 Å². The van der Waals surface area contributed by atoms with Crippen molar-refractivity contribution in [2.75, 3.05) is 24.7 Å². The molecular weight excluding hydrogens is 307 g/mol. The van der Waals surface area contributed by atoms with Crippen LogP contribution in [0.25, 0.3) is 11.2 Å². The molecule has 0 radical (unpaired) electrons. The van der Waals surface area contributed by atoms with Crippen LogP contribution >= 0.6 is 24.0 Å². The molecule has 15 heavy (non-hydrogen) atoms. The third kappa shape index (κ3) is 1.83. The molecule has 0 unspecified atom stereocenters. The molecule has 0 amide bonds. The van der Waals surface area contributed by atoms with Gasteiger partial charge < -0.3 is 15.2 Å². The van der Waals surface area contributed by atoms with Gasteiger partial charge in [-0.2, -0.15) is 4.98 Å². The van der Waals surface area contributed by atoms with E-state index in [0.29, 0.717) is 11.6 Å². The van der Waals surface area contributed by atoms with Gasteiger partial charge in [-0.1, -0.05) is 0 Å². The van der Waals surface area contributed by atoms with Crippen molar-refractivity contribution in [3.8, 4) is 0 Å². The number of hydrogen-bond donors (Lipinski definition) is 1. The first-order chi connectivity index (χ1) is 6.61. The number of imidazole rings is 1. The van der Waals surface area contributed by atoms with E-state index >= 15 is 0 Å². The van der Waals surface area contributed by atoms with Crippen LogP contribution in [0.15, 0.2) is 6.33 Å². The Morgan fingerprint density at radius 2 is 2.00 bits per heavy atom. The van der Waals surface area contributed by atoms with Gasteiger partial charge in [0.25, 0.3) is 0 Å². The largest absolute Gasteiger partial charge is 0.369 e. The van der Waals surface area contributed by atoms with E-state index in [1.54, 1.807) is 4.57 Å². The van der Waals surface area contributed by atoms with Crippen LogP contribution in [0.2, 0.25) is 0 Å². The second-order valence-corrected chi connectivity index (χ2v) is 3.29. The van der Waals surface area contributed by atoms with Gasteiger partial charge in [0.05, 0.1) is 0 Å². The van der Waals surface area contributed by atoms with Crippen LogP contribution in [0.1, 0.15) is 0 Å². The number of nitrogens with zero attached hydrogens (tertiary/aromatic N) is 5. The van der Waals surface area contributed by atoms with Gasteiger partial charge in [0.15, 0.2) is 11.5 Å². The van der Waals surface area contributed by atoms with Crippen LogP contribution in [-0.4, -0.2) is 33.6 Å². The van der Waals surface area contributed by atoms with Crippen molar-refractivity contribution in [1.29, 1.82) is 0 Å². The highest BCUT2D eigenvalue weighted by atomic mass is 127. The van der Waals surface area contributed by atoms with Crippen molar-refractivity contribution in [2.45, 2.75) is 0 Å². The lowest BCUT2D eigenvalue weighted by Gasteiger charge is -2.12. The summed E-state index contributed by atoms with van der Waals surface area (Å²) in [6.07, 6.45) is 1.49. The van der Waals surface area contributed by atoms with Gasteiger partial charge in [-0.15, -0.1) is 24.0 Å². The molecule has 0 saturated carbocycles. The summed E-state index contributed by atoms with van der Waals surface area (Å²) < 4.78 is 1.78. The maximum Gasteiger partial charge on any atom is 0.202 e. The van der Waals surface area contributed by atoms with Crippen LogP contribution in [0.5, 0.6) is 0 Å². The Morgan fingerprint density at radius 3 is 2.60 bits per heavy atom. The topological polar surface area (TPSA) is 72.9 Å². The highest BCUT2D eigenvalue weighted by Crippen LogP contribution is 2.21. The molecule has 7 heteroatoms. The van der Waals surface area contributed by atoms with Crippen molar-refractivity contribution in [3.63, 3.8) is 0 Å². The van der Waals surface area contributed by atoms with Gasteiger partial charge in [0.2, 0.25) is 5.95 Å². The number of nitrogens with two attached hydrogens (primary N) is 1. The molecule has 2 rings (SSSR count). The molecule has 0 atom stereocenters. The molecular formula is C8H13IN6. The fraction of sp³-hybridized carbons (Fsp3) is 0.375. The number of aryl methyl sites for hydroxylation is 1. The smallest absolute Gasteiger partial charge is 0.202 e. The van der Waals surface area contributed by atoms with Crippen molar-refractivity contribution < 1.29 is 0 Å². The highest BCUT2D eigenvalue weighted by molar-refractivity contribution is 14.0. The molecule has 0 spiro atoms. The molecule has 0 saturated heterocycles. The molecule has 2 aromatic heterocycles. The summed E-state index contributed by atoms with van der Waals surface area (Å²) in [4.78, 5) is 14.3. The maximum absolute atomic E-state index is 5.69. The molecule has 2 aromatic rings. The van der Waals surface area contributed by atoms with E-state index in [-0.39, 0.29) is 24.0 Å². The Morgan fingerprint density at radius 1 is 1.33 bits per heavy atom. The SMILES string of the molecule is CN(C)c1ncnc2nc(N)n(C)c12.I. The lowest BCUT2D eigenvalue weighted by atomic mass is 10.4. The highest BCUT2D eigenvalue weighted by Gasteiger charge is 2.12. The monoisotopic (exact) mass is 320 g/mol. The Balaban J connectivity index is 0.00000112. The maximum atomic E-state index is 5.69. The van der Waals surface area contributed by atoms with Gasteiger partial charge in [0.1, 0.15) is 11.8 Å². The van der Waals surface area contributed by atoms with Gasteiger partial charge in [-0.05, 0) is 0 Å². The van der Waals surface area contributed by atoms with Crippen LogP contribution in [0.3, 0.4) is 0 Å². The van der Waals surface area contributed by atoms with Crippen LogP contribution in [-0.2, 0) is 7.05 Å². The van der Waals surface area contributed by atoms with Crippen LogP contribution in [0, 0.1) is 0 Å². The summed E-state index contributed by atoms with van der Waals surface area (Å²) in [5, 5.41) is 0. The molecule has 0 fully saturated rings. The minimum Gasteiger partial charge on any atom is -0.369 e. The minimum absolute atomic E-state index is 0. The first kappa shape index (κ1) is 12.0. The van der Waals surface area contributed by atoms with Gasteiger partial charge in [-0.25, -0.2) is 9.97 Å². The molecule has 0 aliphatic carbocycles. The van der Waals surface area contributed by atoms with E-state index in [1.807, 2.05) is 26.0 Å². The Hall–Kier alpha value is -1.12. The third-order valence-electron chi connectivity index (χ3n) is 2.11. The van der Waals surface area contributed by atoms with Crippen molar-refractivity contribution in [1.82, 2.24) is 19.5 Å². The minimum atomic E-state index is 0. The first-order valence-corrected chi connectivity index (χ1v) is 4.21. The Bertz CT molecular complexity index is 477. The summed E-state index contributed by atoms with van der Waals surface area (Å²) >= 11 is 0. The van der Waals surface area contributed by atoms with Crippen molar-refractivity contribution in [2.24, 2.45) is 7.05 Å². The fourth-order valence-electron chi connectivity index (χ4n) is 1.37. The Kier molecular flexibility index (Phi) is 3.32. The molecule has 82 valence electrons. The number of nitrogen functional groups attached to an aromatic ring is 1. The number of fused-ring (bicyclic) bond motifs is 1. The van der Waals surface area contributed by atoms with E-state index < -0.39 is 0 Å². The zero-order valence-corrected chi connectivity index (χ0v) is 11.1. The third-order valence-corrected chi connectivity index (χ3v) is 2.11. The fourth-order valence-corrected chi connectivity index (χ4v) is 1.37. The van der Waals surface area contributed by atoms with Crippen molar-refractivity contribution in [3.05, 3.63) is 6.33 Å². The number of hydrogen-bond acceptors (Lipinski definition) is 5. The number of anilines is 2. The van der Waals surface area contributed by atoms with Gasteiger partial charge in [0, 0.05) is 21.1 Å².